The topological polar surface area (TPSA) is 117 Å². The summed E-state index contributed by atoms with van der Waals surface area (Å²) in [4.78, 5) is 25.4. The molecule has 0 aliphatic carbocycles. The highest BCUT2D eigenvalue weighted by molar-refractivity contribution is 7.89. The summed E-state index contributed by atoms with van der Waals surface area (Å²) in [6.07, 6.45) is 1.08. The lowest BCUT2D eigenvalue weighted by molar-refractivity contribution is -0.144. The van der Waals surface area contributed by atoms with E-state index < -0.39 is 27.9 Å². The second kappa shape index (κ2) is 6.32. The second-order valence-electron chi connectivity index (χ2n) is 5.72. The van der Waals surface area contributed by atoms with Gasteiger partial charge in [-0.3, -0.25) is 4.79 Å². The summed E-state index contributed by atoms with van der Waals surface area (Å²) in [6.45, 7) is 3.73. The summed E-state index contributed by atoms with van der Waals surface area (Å²) in [5.41, 5.74) is 0.0691. The standard InChI is InChI=1S/C14H20N2O6S/c1-8-4-5-16(11(6-8)14(18)19)13(17)10-7-12(22-9(10)2)23(20,21)15-3/h7-8,11,15H,4-6H2,1-3H3,(H,18,19). The fraction of sp³-hybridized carbons (Fsp3) is 0.571. The van der Waals surface area contributed by atoms with Gasteiger partial charge in [0, 0.05) is 12.6 Å². The van der Waals surface area contributed by atoms with Crippen LogP contribution in [-0.4, -0.2) is 49.9 Å². The molecule has 2 heterocycles. The smallest absolute Gasteiger partial charge is 0.326 e. The van der Waals surface area contributed by atoms with E-state index in [-0.39, 0.29) is 22.3 Å². The molecule has 1 saturated heterocycles. The second-order valence-corrected chi connectivity index (χ2v) is 7.54. The lowest BCUT2D eigenvalue weighted by atomic mass is 9.92. The molecule has 1 aromatic heterocycles. The molecule has 2 unspecified atom stereocenters. The number of furan rings is 1. The molecule has 9 heteroatoms. The number of carbonyl (C=O) groups is 2. The zero-order chi connectivity index (χ0) is 17.4. The number of piperidine rings is 1. The van der Waals surface area contributed by atoms with E-state index in [2.05, 4.69) is 4.72 Å². The Hall–Kier alpha value is -1.87. The Kier molecular flexibility index (Phi) is 4.81. The Morgan fingerprint density at radius 2 is 2.09 bits per heavy atom. The van der Waals surface area contributed by atoms with Crippen LogP contribution in [0.4, 0.5) is 0 Å². The highest BCUT2D eigenvalue weighted by atomic mass is 32.2. The highest BCUT2D eigenvalue weighted by Crippen LogP contribution is 2.27. The Labute approximate surface area is 134 Å². The number of carboxylic acids is 1. The molecule has 0 aromatic carbocycles. The van der Waals surface area contributed by atoms with Gasteiger partial charge in [0.25, 0.3) is 15.9 Å². The summed E-state index contributed by atoms with van der Waals surface area (Å²) >= 11 is 0. The van der Waals surface area contributed by atoms with Crippen molar-refractivity contribution in [3.8, 4) is 0 Å². The van der Waals surface area contributed by atoms with Crippen molar-refractivity contribution < 1.29 is 27.5 Å². The first-order valence-corrected chi connectivity index (χ1v) is 8.73. The van der Waals surface area contributed by atoms with Crippen molar-refractivity contribution in [3.63, 3.8) is 0 Å². The van der Waals surface area contributed by atoms with Crippen LogP contribution in [0.1, 0.15) is 35.9 Å². The SMILES string of the molecule is CNS(=O)(=O)c1cc(C(=O)N2CCC(C)CC2C(=O)O)c(C)o1. The first-order valence-electron chi connectivity index (χ1n) is 7.25. The average molecular weight is 344 g/mol. The number of hydrogen-bond acceptors (Lipinski definition) is 5. The summed E-state index contributed by atoms with van der Waals surface area (Å²) in [7, 11) is -2.57. The van der Waals surface area contributed by atoms with Crippen LogP contribution in [0.2, 0.25) is 0 Å². The first-order chi connectivity index (χ1) is 10.7. The van der Waals surface area contributed by atoms with Crippen LogP contribution in [-0.2, 0) is 14.8 Å². The van der Waals surface area contributed by atoms with Gasteiger partial charge in [-0.2, -0.15) is 0 Å². The number of aliphatic carboxylic acids is 1. The van der Waals surface area contributed by atoms with Crippen LogP contribution >= 0.6 is 0 Å². The minimum Gasteiger partial charge on any atom is -0.480 e. The lowest BCUT2D eigenvalue weighted by Gasteiger charge is -2.35. The van der Waals surface area contributed by atoms with Gasteiger partial charge >= 0.3 is 5.97 Å². The molecule has 1 aromatic rings. The molecule has 1 aliphatic rings. The fourth-order valence-corrected chi connectivity index (χ4v) is 3.38. The van der Waals surface area contributed by atoms with E-state index in [0.717, 1.165) is 6.07 Å². The maximum absolute atomic E-state index is 12.7. The number of hydrogen-bond donors (Lipinski definition) is 2. The number of sulfonamides is 1. The molecule has 1 fully saturated rings. The van der Waals surface area contributed by atoms with E-state index in [1.807, 2.05) is 6.92 Å². The quantitative estimate of drug-likeness (QED) is 0.835. The molecule has 0 bridgehead atoms. The van der Waals surface area contributed by atoms with Crippen LogP contribution in [0.5, 0.6) is 0 Å². The highest BCUT2D eigenvalue weighted by Gasteiger charge is 2.36. The maximum Gasteiger partial charge on any atom is 0.326 e. The van der Waals surface area contributed by atoms with Gasteiger partial charge in [0.1, 0.15) is 11.8 Å². The van der Waals surface area contributed by atoms with E-state index in [1.54, 1.807) is 0 Å². The molecular formula is C14H20N2O6S. The van der Waals surface area contributed by atoms with Crippen molar-refractivity contribution in [1.82, 2.24) is 9.62 Å². The third-order valence-corrected chi connectivity index (χ3v) is 5.34. The number of nitrogens with zero attached hydrogens (tertiary/aromatic N) is 1. The van der Waals surface area contributed by atoms with Gasteiger partial charge in [0.15, 0.2) is 0 Å². The van der Waals surface area contributed by atoms with E-state index in [9.17, 15) is 23.1 Å². The number of nitrogens with one attached hydrogen (secondary N) is 1. The van der Waals surface area contributed by atoms with E-state index >= 15 is 0 Å². The minimum absolute atomic E-state index is 0.0691. The van der Waals surface area contributed by atoms with Crippen molar-refractivity contribution in [2.45, 2.75) is 37.8 Å². The van der Waals surface area contributed by atoms with E-state index in [0.29, 0.717) is 19.4 Å². The molecule has 23 heavy (non-hydrogen) atoms. The van der Waals surface area contributed by atoms with E-state index in [1.165, 1.54) is 18.9 Å². The van der Waals surface area contributed by atoms with Gasteiger partial charge in [-0.1, -0.05) is 6.92 Å². The van der Waals surface area contributed by atoms with Crippen LogP contribution in [0.15, 0.2) is 15.6 Å². The van der Waals surface area contributed by atoms with Gasteiger partial charge in [-0.05, 0) is 32.7 Å². The predicted octanol–water partition coefficient (Wildman–Crippen LogP) is 0.821. The fourth-order valence-electron chi connectivity index (χ4n) is 2.67. The van der Waals surface area contributed by atoms with Gasteiger partial charge < -0.3 is 14.4 Å². The van der Waals surface area contributed by atoms with Crippen molar-refractivity contribution in [2.24, 2.45) is 5.92 Å². The Morgan fingerprint density at radius 3 is 2.65 bits per heavy atom. The molecule has 2 rings (SSSR count). The zero-order valence-electron chi connectivity index (χ0n) is 13.2. The summed E-state index contributed by atoms with van der Waals surface area (Å²) in [5, 5.41) is 8.98. The summed E-state index contributed by atoms with van der Waals surface area (Å²) in [5.74, 6) is -1.23. The zero-order valence-corrected chi connectivity index (χ0v) is 14.0. The average Bonchev–Trinajstić information content (AvgIpc) is 2.89. The van der Waals surface area contributed by atoms with Crippen LogP contribution in [0, 0.1) is 12.8 Å². The normalized spacial score (nSPS) is 22.1. The molecule has 8 nitrogen and oxygen atoms in total. The van der Waals surface area contributed by atoms with E-state index in [4.69, 9.17) is 4.42 Å². The molecule has 0 radical (unpaired) electrons. The minimum atomic E-state index is -3.81. The largest absolute Gasteiger partial charge is 0.480 e. The summed E-state index contributed by atoms with van der Waals surface area (Å²) < 4.78 is 30.8. The number of carbonyl (C=O) groups excluding carboxylic acids is 1. The molecular weight excluding hydrogens is 324 g/mol. The Balaban J connectivity index is 2.35. The molecule has 1 aliphatic heterocycles. The molecule has 0 spiro atoms. The molecule has 2 N–H and O–H groups in total. The predicted molar refractivity (Wildman–Crippen MR) is 80.5 cm³/mol. The van der Waals surface area contributed by atoms with Crippen LogP contribution < -0.4 is 4.72 Å². The molecule has 0 saturated carbocycles. The summed E-state index contributed by atoms with van der Waals surface area (Å²) in [6, 6.07) is 0.227. The van der Waals surface area contributed by atoms with Crippen LogP contribution in [0.25, 0.3) is 0 Å². The van der Waals surface area contributed by atoms with Crippen molar-refractivity contribution in [2.75, 3.05) is 13.6 Å². The van der Waals surface area contributed by atoms with Crippen molar-refractivity contribution >= 4 is 21.9 Å². The lowest BCUT2D eigenvalue weighted by Crippen LogP contribution is -2.49. The molecule has 1 amide bonds. The van der Waals surface area contributed by atoms with Crippen molar-refractivity contribution in [3.05, 3.63) is 17.4 Å². The van der Waals surface area contributed by atoms with Gasteiger partial charge in [-0.25, -0.2) is 17.9 Å². The number of rotatable bonds is 4. The number of amides is 1. The number of aryl methyl sites for hydroxylation is 1. The molecule has 128 valence electrons. The first kappa shape index (κ1) is 17.5. The molecule has 2 atom stereocenters. The Bertz CT molecular complexity index is 724. The maximum atomic E-state index is 12.7. The van der Waals surface area contributed by atoms with Gasteiger partial charge in [0.2, 0.25) is 5.09 Å². The van der Waals surface area contributed by atoms with Gasteiger partial charge in [-0.15, -0.1) is 0 Å². The third kappa shape index (κ3) is 3.40. The Morgan fingerprint density at radius 1 is 1.43 bits per heavy atom. The monoisotopic (exact) mass is 344 g/mol. The number of carboxylic acid groups (broad SMARTS) is 1. The number of likely N-dealkylation sites (tertiary alicyclic amines) is 1. The van der Waals surface area contributed by atoms with Crippen LogP contribution in [0.3, 0.4) is 0 Å². The third-order valence-electron chi connectivity index (χ3n) is 4.07. The van der Waals surface area contributed by atoms with Gasteiger partial charge in [0.05, 0.1) is 5.56 Å². The van der Waals surface area contributed by atoms with Crippen molar-refractivity contribution in [1.29, 1.82) is 0 Å².